The summed E-state index contributed by atoms with van der Waals surface area (Å²) in [5.74, 6) is 0.260. The number of nitrogen functional groups attached to an aromatic ring is 1. The molecule has 1 aromatic carbocycles. The molecule has 1 aliphatic heterocycles. The molecule has 3 N–H and O–H groups in total. The maximum Gasteiger partial charge on any atom is 0.194 e. The first-order valence-corrected chi connectivity index (χ1v) is 6.91. The molecular weight excluding hydrogens is 268 g/mol. The van der Waals surface area contributed by atoms with E-state index in [0.717, 1.165) is 18.7 Å². The lowest BCUT2D eigenvalue weighted by atomic mass is 10.00. The number of rotatable bonds is 4. The van der Waals surface area contributed by atoms with Gasteiger partial charge < -0.3 is 15.8 Å². The quantitative estimate of drug-likeness (QED) is 0.621. The molecule has 0 spiro atoms. The minimum absolute atomic E-state index is 0.208. The fourth-order valence-electron chi connectivity index (χ4n) is 2.48. The SMILES string of the molecule is COc1cc(C(=O)C(C#N)N2CCNCC2)cc(C)c1N. The number of benzene rings is 1. The number of hydrogen-bond donors (Lipinski definition) is 2. The second-order valence-corrected chi connectivity index (χ2v) is 5.09. The first-order chi connectivity index (χ1) is 10.1. The number of nitriles is 1. The Morgan fingerprint density at radius 3 is 2.71 bits per heavy atom. The van der Waals surface area contributed by atoms with Crippen molar-refractivity contribution in [3.05, 3.63) is 23.3 Å². The molecule has 1 saturated heterocycles. The van der Waals surface area contributed by atoms with Crippen LogP contribution in [0.3, 0.4) is 0 Å². The molecule has 21 heavy (non-hydrogen) atoms. The Morgan fingerprint density at radius 2 is 2.14 bits per heavy atom. The van der Waals surface area contributed by atoms with Crippen molar-refractivity contribution in [1.29, 1.82) is 5.26 Å². The standard InChI is InChI=1S/C15H20N4O2/c1-10-7-11(8-13(21-2)14(10)17)15(20)12(9-16)19-5-3-18-4-6-19/h7-8,12,18H,3-6,17H2,1-2H3. The van der Waals surface area contributed by atoms with Gasteiger partial charge in [-0.05, 0) is 24.6 Å². The topological polar surface area (TPSA) is 91.4 Å². The molecule has 0 saturated carbocycles. The second kappa shape index (κ2) is 6.57. The van der Waals surface area contributed by atoms with Crippen molar-refractivity contribution in [2.45, 2.75) is 13.0 Å². The van der Waals surface area contributed by atoms with Gasteiger partial charge >= 0.3 is 0 Å². The van der Waals surface area contributed by atoms with E-state index in [1.165, 1.54) is 7.11 Å². The number of carbonyl (C=O) groups excluding carboxylic acids is 1. The number of nitrogens with two attached hydrogens (primary N) is 1. The number of hydrogen-bond acceptors (Lipinski definition) is 6. The van der Waals surface area contributed by atoms with Crippen molar-refractivity contribution in [2.75, 3.05) is 39.0 Å². The number of aryl methyl sites for hydroxylation is 1. The van der Waals surface area contributed by atoms with Gasteiger partial charge in [0.2, 0.25) is 0 Å². The Labute approximate surface area is 124 Å². The van der Waals surface area contributed by atoms with Crippen molar-refractivity contribution in [1.82, 2.24) is 10.2 Å². The van der Waals surface area contributed by atoms with Crippen molar-refractivity contribution < 1.29 is 9.53 Å². The van der Waals surface area contributed by atoms with E-state index in [0.29, 0.717) is 30.1 Å². The zero-order valence-electron chi connectivity index (χ0n) is 12.3. The van der Waals surface area contributed by atoms with Gasteiger partial charge in [-0.15, -0.1) is 0 Å². The molecule has 1 unspecified atom stereocenters. The first kappa shape index (κ1) is 15.3. The molecule has 112 valence electrons. The van der Waals surface area contributed by atoms with Crippen LogP contribution >= 0.6 is 0 Å². The van der Waals surface area contributed by atoms with E-state index in [-0.39, 0.29) is 5.78 Å². The summed E-state index contributed by atoms with van der Waals surface area (Å²) in [4.78, 5) is 14.5. The third-order valence-corrected chi connectivity index (χ3v) is 3.74. The number of ketones is 1. The lowest BCUT2D eigenvalue weighted by molar-refractivity contribution is 0.0860. The van der Waals surface area contributed by atoms with Crippen LogP contribution in [0.5, 0.6) is 5.75 Å². The Balaban J connectivity index is 2.29. The number of carbonyl (C=O) groups is 1. The third-order valence-electron chi connectivity index (χ3n) is 3.74. The molecule has 1 aromatic rings. The highest BCUT2D eigenvalue weighted by Gasteiger charge is 2.28. The molecule has 6 heteroatoms. The monoisotopic (exact) mass is 288 g/mol. The molecule has 0 amide bonds. The van der Waals surface area contributed by atoms with Crippen LogP contribution in [-0.4, -0.2) is 50.0 Å². The normalized spacial score (nSPS) is 17.0. The maximum absolute atomic E-state index is 12.6. The van der Waals surface area contributed by atoms with E-state index in [4.69, 9.17) is 10.5 Å². The van der Waals surface area contributed by atoms with Crippen molar-refractivity contribution in [2.24, 2.45) is 0 Å². The Morgan fingerprint density at radius 1 is 1.48 bits per heavy atom. The molecule has 1 fully saturated rings. The summed E-state index contributed by atoms with van der Waals surface area (Å²) in [6.45, 7) is 4.77. The lowest BCUT2D eigenvalue weighted by Crippen LogP contribution is -2.50. The zero-order valence-corrected chi connectivity index (χ0v) is 12.3. The summed E-state index contributed by atoms with van der Waals surface area (Å²) < 4.78 is 5.19. The van der Waals surface area contributed by atoms with Gasteiger partial charge in [-0.25, -0.2) is 0 Å². The Bertz CT molecular complexity index is 574. The van der Waals surface area contributed by atoms with Crippen LogP contribution in [0.1, 0.15) is 15.9 Å². The van der Waals surface area contributed by atoms with Gasteiger partial charge in [-0.3, -0.25) is 9.69 Å². The van der Waals surface area contributed by atoms with E-state index in [1.807, 2.05) is 11.8 Å². The number of nitrogens with zero attached hydrogens (tertiary/aromatic N) is 2. The average molecular weight is 288 g/mol. The highest BCUT2D eigenvalue weighted by atomic mass is 16.5. The van der Waals surface area contributed by atoms with Gasteiger partial charge in [0.05, 0.1) is 18.9 Å². The van der Waals surface area contributed by atoms with Gasteiger partial charge in [-0.1, -0.05) is 0 Å². The van der Waals surface area contributed by atoms with Gasteiger partial charge in [-0.2, -0.15) is 5.26 Å². The molecule has 6 nitrogen and oxygen atoms in total. The summed E-state index contributed by atoms with van der Waals surface area (Å²) in [7, 11) is 1.51. The van der Waals surface area contributed by atoms with Gasteiger partial charge in [0, 0.05) is 31.7 Å². The number of anilines is 1. The minimum atomic E-state index is -0.764. The van der Waals surface area contributed by atoms with Crippen LogP contribution in [0, 0.1) is 18.3 Å². The summed E-state index contributed by atoms with van der Waals surface area (Å²) in [6, 6.07) is 4.68. The van der Waals surface area contributed by atoms with E-state index in [2.05, 4.69) is 11.4 Å². The second-order valence-electron chi connectivity index (χ2n) is 5.09. The van der Waals surface area contributed by atoms with Crippen LogP contribution in [0.15, 0.2) is 12.1 Å². The molecular formula is C15H20N4O2. The van der Waals surface area contributed by atoms with Gasteiger partial charge in [0.1, 0.15) is 5.75 Å². The summed E-state index contributed by atoms with van der Waals surface area (Å²) in [5, 5.41) is 12.6. The van der Waals surface area contributed by atoms with Crippen molar-refractivity contribution in [3.8, 4) is 11.8 Å². The highest BCUT2D eigenvalue weighted by Crippen LogP contribution is 2.27. The molecule has 2 rings (SSSR count). The summed E-state index contributed by atoms with van der Waals surface area (Å²) >= 11 is 0. The largest absolute Gasteiger partial charge is 0.495 e. The number of Topliss-reactive ketones (excluding diaryl/α,β-unsaturated/α-hetero) is 1. The van der Waals surface area contributed by atoms with Crippen molar-refractivity contribution in [3.63, 3.8) is 0 Å². The maximum atomic E-state index is 12.6. The predicted molar refractivity (Wildman–Crippen MR) is 80.3 cm³/mol. The molecule has 0 aromatic heterocycles. The lowest BCUT2D eigenvalue weighted by Gasteiger charge is -2.30. The zero-order chi connectivity index (χ0) is 15.4. The molecule has 1 aliphatic rings. The minimum Gasteiger partial charge on any atom is -0.495 e. The Hall–Kier alpha value is -2.10. The van der Waals surface area contributed by atoms with E-state index in [9.17, 15) is 10.1 Å². The molecule has 0 bridgehead atoms. The fraction of sp³-hybridized carbons (Fsp3) is 0.467. The van der Waals surface area contributed by atoms with Crippen LogP contribution in [-0.2, 0) is 0 Å². The third kappa shape index (κ3) is 3.15. The molecule has 1 heterocycles. The van der Waals surface area contributed by atoms with Crippen LogP contribution < -0.4 is 15.8 Å². The van der Waals surface area contributed by atoms with Gasteiger partial charge in [0.15, 0.2) is 11.8 Å². The average Bonchev–Trinajstić information content (AvgIpc) is 2.51. The molecule has 0 radical (unpaired) electrons. The predicted octanol–water partition coefficient (Wildman–Crippen LogP) is 0.566. The molecule has 0 aliphatic carbocycles. The Kier molecular flexibility index (Phi) is 4.78. The number of piperazine rings is 1. The molecule has 1 atom stereocenters. The van der Waals surface area contributed by atoms with Crippen LogP contribution in [0.4, 0.5) is 5.69 Å². The fourth-order valence-corrected chi connectivity index (χ4v) is 2.48. The van der Waals surface area contributed by atoms with E-state index >= 15 is 0 Å². The van der Waals surface area contributed by atoms with Crippen LogP contribution in [0.25, 0.3) is 0 Å². The number of ether oxygens (including phenoxy) is 1. The van der Waals surface area contributed by atoms with Crippen LogP contribution in [0.2, 0.25) is 0 Å². The van der Waals surface area contributed by atoms with E-state index < -0.39 is 6.04 Å². The van der Waals surface area contributed by atoms with E-state index in [1.54, 1.807) is 12.1 Å². The van der Waals surface area contributed by atoms with Gasteiger partial charge in [0.25, 0.3) is 0 Å². The summed E-state index contributed by atoms with van der Waals surface area (Å²) in [6.07, 6.45) is 0. The number of methoxy groups -OCH3 is 1. The summed E-state index contributed by atoms with van der Waals surface area (Å²) in [5.41, 5.74) is 7.65. The first-order valence-electron chi connectivity index (χ1n) is 6.91. The van der Waals surface area contributed by atoms with Crippen molar-refractivity contribution >= 4 is 11.5 Å². The highest BCUT2D eigenvalue weighted by molar-refractivity contribution is 6.02. The number of nitrogens with one attached hydrogen (secondary N) is 1. The smallest absolute Gasteiger partial charge is 0.194 e.